The van der Waals surface area contributed by atoms with Gasteiger partial charge >= 0.3 is 5.97 Å². The topological polar surface area (TPSA) is 86.6 Å². The van der Waals surface area contributed by atoms with Crippen LogP contribution in [0.4, 0.5) is 0 Å². The summed E-state index contributed by atoms with van der Waals surface area (Å²) in [6.07, 6.45) is 0.238. The number of phenolic OH excluding ortho intramolecular Hbond substituents is 1. The van der Waals surface area contributed by atoms with Gasteiger partial charge in [-0.15, -0.1) is 0 Å². The highest BCUT2D eigenvalue weighted by Crippen LogP contribution is 2.40. The number of carbonyl (C=O) groups excluding carboxylic acids is 1. The molecule has 1 aliphatic rings. The summed E-state index contributed by atoms with van der Waals surface area (Å²) in [6.45, 7) is 1.35. The summed E-state index contributed by atoms with van der Waals surface area (Å²) < 4.78 is 0. The summed E-state index contributed by atoms with van der Waals surface area (Å²) in [6, 6.07) is 4.34. The largest absolute Gasteiger partial charge is 0.508 e. The zero-order valence-corrected chi connectivity index (χ0v) is 9.30. The molecular formula is C12H13NO4. The van der Waals surface area contributed by atoms with Crippen LogP contribution in [0.5, 0.6) is 5.75 Å². The normalized spacial score (nSPS) is 21.9. The number of carbonyl (C=O) groups is 2. The Balaban J connectivity index is 2.43. The van der Waals surface area contributed by atoms with Crippen LogP contribution < -0.4 is 5.32 Å². The molecule has 0 saturated heterocycles. The molecule has 0 aromatic heterocycles. The van der Waals surface area contributed by atoms with Crippen molar-refractivity contribution in [2.45, 2.75) is 19.4 Å². The highest BCUT2D eigenvalue weighted by Gasteiger charge is 2.39. The second kappa shape index (κ2) is 4.08. The summed E-state index contributed by atoms with van der Waals surface area (Å²) in [5, 5.41) is 21.4. The second-order valence-corrected chi connectivity index (χ2v) is 4.17. The molecule has 5 nitrogen and oxygen atoms in total. The Morgan fingerprint density at radius 3 is 2.71 bits per heavy atom. The van der Waals surface area contributed by atoms with Gasteiger partial charge in [-0.1, -0.05) is 12.1 Å². The number of rotatable bonds is 2. The Hall–Kier alpha value is -2.04. The van der Waals surface area contributed by atoms with Crippen molar-refractivity contribution in [1.29, 1.82) is 0 Å². The van der Waals surface area contributed by atoms with Crippen molar-refractivity contribution in [2.24, 2.45) is 5.92 Å². The highest BCUT2D eigenvalue weighted by atomic mass is 16.4. The standard InChI is InChI=1S/C12H13NO4/c1-6(14)13-11-7-3-2-4-10(15)8(7)5-9(11)12(16)17/h2-4,9,11,15H,5H2,1H3,(H,13,14)(H,16,17). The average molecular weight is 235 g/mol. The molecule has 5 heteroatoms. The van der Waals surface area contributed by atoms with Crippen LogP contribution in [0, 0.1) is 5.92 Å². The van der Waals surface area contributed by atoms with Gasteiger partial charge in [-0.05, 0) is 18.1 Å². The molecule has 1 aliphatic carbocycles. The molecule has 0 saturated carbocycles. The third-order valence-electron chi connectivity index (χ3n) is 3.02. The first-order valence-corrected chi connectivity index (χ1v) is 5.31. The highest BCUT2D eigenvalue weighted by molar-refractivity contribution is 5.78. The van der Waals surface area contributed by atoms with Crippen LogP contribution in [0.1, 0.15) is 24.1 Å². The maximum Gasteiger partial charge on any atom is 0.309 e. The van der Waals surface area contributed by atoms with E-state index in [4.69, 9.17) is 5.11 Å². The lowest BCUT2D eigenvalue weighted by Crippen LogP contribution is -2.33. The molecule has 1 aromatic carbocycles. The number of fused-ring (bicyclic) bond motifs is 1. The molecule has 1 aromatic rings. The van der Waals surface area contributed by atoms with Crippen molar-refractivity contribution in [3.05, 3.63) is 29.3 Å². The molecule has 0 bridgehead atoms. The van der Waals surface area contributed by atoms with E-state index in [-0.39, 0.29) is 18.1 Å². The summed E-state index contributed by atoms with van der Waals surface area (Å²) >= 11 is 0. The van der Waals surface area contributed by atoms with E-state index in [1.807, 2.05) is 0 Å². The molecule has 2 rings (SSSR count). The number of amides is 1. The molecule has 0 heterocycles. The van der Waals surface area contributed by atoms with E-state index in [9.17, 15) is 14.7 Å². The number of hydrogen-bond acceptors (Lipinski definition) is 3. The molecule has 2 unspecified atom stereocenters. The van der Waals surface area contributed by atoms with Gasteiger partial charge in [0.2, 0.25) is 5.91 Å². The van der Waals surface area contributed by atoms with Crippen molar-refractivity contribution in [2.75, 3.05) is 0 Å². The molecular weight excluding hydrogens is 222 g/mol. The fourth-order valence-electron chi connectivity index (χ4n) is 2.29. The van der Waals surface area contributed by atoms with Crippen LogP contribution in [0.2, 0.25) is 0 Å². The Bertz CT molecular complexity index is 483. The van der Waals surface area contributed by atoms with E-state index in [0.717, 1.165) is 0 Å². The SMILES string of the molecule is CC(=O)NC1c2cccc(O)c2CC1C(=O)O. The summed E-state index contributed by atoms with van der Waals surface area (Å²) in [7, 11) is 0. The van der Waals surface area contributed by atoms with Crippen molar-refractivity contribution >= 4 is 11.9 Å². The van der Waals surface area contributed by atoms with Crippen LogP contribution in [0.3, 0.4) is 0 Å². The minimum Gasteiger partial charge on any atom is -0.508 e. The van der Waals surface area contributed by atoms with Crippen LogP contribution in [-0.2, 0) is 16.0 Å². The van der Waals surface area contributed by atoms with Gasteiger partial charge in [0.15, 0.2) is 0 Å². The third kappa shape index (κ3) is 1.95. The molecule has 0 spiro atoms. The lowest BCUT2D eigenvalue weighted by Gasteiger charge is -2.17. The summed E-state index contributed by atoms with van der Waals surface area (Å²) in [5.41, 5.74) is 1.30. The monoisotopic (exact) mass is 235 g/mol. The van der Waals surface area contributed by atoms with E-state index in [1.54, 1.807) is 12.1 Å². The maximum absolute atomic E-state index is 11.1. The first-order chi connectivity index (χ1) is 8.00. The van der Waals surface area contributed by atoms with Crippen molar-refractivity contribution in [1.82, 2.24) is 5.32 Å². The number of benzene rings is 1. The van der Waals surface area contributed by atoms with Gasteiger partial charge in [-0.2, -0.15) is 0 Å². The first kappa shape index (κ1) is 11.4. The van der Waals surface area contributed by atoms with Gasteiger partial charge in [0, 0.05) is 12.5 Å². The Kier molecular flexibility index (Phi) is 2.75. The van der Waals surface area contributed by atoms with Crippen LogP contribution in [0.15, 0.2) is 18.2 Å². The minimum absolute atomic E-state index is 0.0848. The lowest BCUT2D eigenvalue weighted by atomic mass is 10.0. The molecule has 0 radical (unpaired) electrons. The number of phenols is 1. The lowest BCUT2D eigenvalue weighted by molar-refractivity contribution is -0.142. The first-order valence-electron chi connectivity index (χ1n) is 5.31. The fraction of sp³-hybridized carbons (Fsp3) is 0.333. The molecule has 2 atom stereocenters. The number of aromatic hydroxyl groups is 1. The predicted octanol–water partition coefficient (Wildman–Crippen LogP) is 0.826. The van der Waals surface area contributed by atoms with E-state index in [2.05, 4.69) is 5.32 Å². The van der Waals surface area contributed by atoms with Gasteiger partial charge < -0.3 is 15.5 Å². The van der Waals surface area contributed by atoms with Gasteiger partial charge in [0.25, 0.3) is 0 Å². The van der Waals surface area contributed by atoms with Gasteiger partial charge in [0.05, 0.1) is 12.0 Å². The van der Waals surface area contributed by atoms with Crippen LogP contribution in [0.25, 0.3) is 0 Å². The molecule has 90 valence electrons. The number of carboxylic acids is 1. The van der Waals surface area contributed by atoms with Crippen molar-refractivity contribution in [3.8, 4) is 5.75 Å². The van der Waals surface area contributed by atoms with Crippen LogP contribution >= 0.6 is 0 Å². The molecule has 0 aliphatic heterocycles. The quantitative estimate of drug-likeness (QED) is 0.708. The van der Waals surface area contributed by atoms with Crippen LogP contribution in [-0.4, -0.2) is 22.1 Å². The minimum atomic E-state index is -0.973. The zero-order chi connectivity index (χ0) is 12.6. The van der Waals surface area contributed by atoms with E-state index >= 15 is 0 Å². The Labute approximate surface area is 98.1 Å². The Morgan fingerprint density at radius 2 is 2.12 bits per heavy atom. The smallest absolute Gasteiger partial charge is 0.309 e. The summed E-state index contributed by atoms with van der Waals surface area (Å²) in [4.78, 5) is 22.2. The third-order valence-corrected chi connectivity index (χ3v) is 3.02. The maximum atomic E-state index is 11.1. The van der Waals surface area contributed by atoms with Gasteiger partial charge in [-0.3, -0.25) is 9.59 Å². The number of carboxylic acid groups (broad SMARTS) is 1. The zero-order valence-electron chi connectivity index (χ0n) is 9.30. The molecule has 1 amide bonds. The van der Waals surface area contributed by atoms with Crippen molar-refractivity contribution in [3.63, 3.8) is 0 Å². The van der Waals surface area contributed by atoms with Gasteiger partial charge in [-0.25, -0.2) is 0 Å². The number of nitrogens with one attached hydrogen (secondary N) is 1. The molecule has 0 fully saturated rings. The van der Waals surface area contributed by atoms with E-state index in [1.165, 1.54) is 13.0 Å². The average Bonchev–Trinajstić information content (AvgIpc) is 2.58. The second-order valence-electron chi connectivity index (χ2n) is 4.17. The number of hydrogen-bond donors (Lipinski definition) is 3. The van der Waals surface area contributed by atoms with Crippen molar-refractivity contribution < 1.29 is 19.8 Å². The fourth-order valence-corrected chi connectivity index (χ4v) is 2.29. The van der Waals surface area contributed by atoms with E-state index < -0.39 is 17.9 Å². The summed E-state index contributed by atoms with van der Waals surface area (Å²) in [5.74, 6) is -1.89. The molecule has 3 N–H and O–H groups in total. The Morgan fingerprint density at radius 1 is 1.41 bits per heavy atom. The number of aliphatic carboxylic acids is 1. The molecule has 17 heavy (non-hydrogen) atoms. The van der Waals surface area contributed by atoms with E-state index in [0.29, 0.717) is 11.1 Å². The predicted molar refractivity (Wildman–Crippen MR) is 59.5 cm³/mol. The van der Waals surface area contributed by atoms with Gasteiger partial charge in [0.1, 0.15) is 5.75 Å².